The number of hydrogen-bond donors (Lipinski definition) is 1. The first-order chi connectivity index (χ1) is 14.6. The van der Waals surface area contributed by atoms with Crippen molar-refractivity contribution in [3.8, 4) is 0 Å². The number of carbonyl (C=O) groups is 1. The number of carbonyl (C=O) groups excluding carboxylic acids is 1. The van der Waals surface area contributed by atoms with Gasteiger partial charge in [-0.25, -0.2) is 9.37 Å². The third-order valence-corrected chi connectivity index (χ3v) is 5.43. The Balaban J connectivity index is 1.51. The molecule has 1 aliphatic rings. The predicted octanol–water partition coefficient (Wildman–Crippen LogP) is 3.23. The fourth-order valence-corrected chi connectivity index (χ4v) is 3.86. The Bertz CT molecular complexity index is 1110. The Morgan fingerprint density at radius 3 is 2.67 bits per heavy atom. The zero-order chi connectivity index (χ0) is 20.9. The van der Waals surface area contributed by atoms with E-state index >= 15 is 0 Å². The number of para-hydroxylation sites is 2. The van der Waals surface area contributed by atoms with Gasteiger partial charge in [0.25, 0.3) is 5.56 Å². The number of nitrogens with one attached hydrogen (secondary N) is 1. The lowest BCUT2D eigenvalue weighted by atomic mass is 10.1. The molecule has 7 heteroatoms. The molecule has 0 saturated carbocycles. The molecule has 156 valence electrons. The number of nitrogens with zero attached hydrogens (tertiary/aromatic N) is 3. The largest absolute Gasteiger partial charge is 0.352 e. The minimum absolute atomic E-state index is 0.155. The van der Waals surface area contributed by atoms with Crippen LogP contribution in [0.25, 0.3) is 11.0 Å². The van der Waals surface area contributed by atoms with E-state index in [1.165, 1.54) is 18.6 Å². The van der Waals surface area contributed by atoms with Gasteiger partial charge in [0.1, 0.15) is 5.82 Å². The first-order valence-electron chi connectivity index (χ1n) is 10.4. The Hall–Kier alpha value is -3.22. The summed E-state index contributed by atoms with van der Waals surface area (Å²) in [4.78, 5) is 32.2. The lowest BCUT2D eigenvalue weighted by Crippen LogP contribution is -2.37. The summed E-state index contributed by atoms with van der Waals surface area (Å²) in [6.45, 7) is 2.17. The van der Waals surface area contributed by atoms with E-state index in [1.807, 2.05) is 24.3 Å². The zero-order valence-corrected chi connectivity index (χ0v) is 16.8. The molecule has 0 aliphatic carbocycles. The number of fused-ring (bicyclic) bond motifs is 1. The Morgan fingerprint density at radius 2 is 1.87 bits per heavy atom. The van der Waals surface area contributed by atoms with Crippen molar-refractivity contribution < 1.29 is 9.18 Å². The summed E-state index contributed by atoms with van der Waals surface area (Å²) in [5, 5.41) is 2.79. The molecule has 1 N–H and O–H groups in total. The summed E-state index contributed by atoms with van der Waals surface area (Å²) in [5.74, 6) is -0.0538. The van der Waals surface area contributed by atoms with Crippen LogP contribution >= 0.6 is 0 Å². The van der Waals surface area contributed by atoms with Crippen LogP contribution in [0.4, 0.5) is 10.2 Å². The molecule has 6 nitrogen and oxygen atoms in total. The Morgan fingerprint density at radius 1 is 1.07 bits per heavy atom. The number of amides is 1. The quantitative estimate of drug-likeness (QED) is 0.680. The molecule has 0 spiro atoms. The molecule has 2 aromatic carbocycles. The second-order valence-corrected chi connectivity index (χ2v) is 7.59. The van der Waals surface area contributed by atoms with Crippen LogP contribution in [0.15, 0.2) is 53.3 Å². The van der Waals surface area contributed by atoms with Crippen LogP contribution in [0.2, 0.25) is 0 Å². The minimum atomic E-state index is -0.332. The molecular formula is C23H25FN4O2. The second kappa shape index (κ2) is 9.07. The van der Waals surface area contributed by atoms with Crippen molar-refractivity contribution in [3.63, 3.8) is 0 Å². The number of anilines is 1. The molecule has 1 fully saturated rings. The maximum Gasteiger partial charge on any atom is 0.294 e. The van der Waals surface area contributed by atoms with Crippen molar-refractivity contribution in [2.24, 2.45) is 0 Å². The second-order valence-electron chi connectivity index (χ2n) is 7.59. The van der Waals surface area contributed by atoms with Gasteiger partial charge in [-0.3, -0.25) is 9.59 Å². The molecular weight excluding hydrogens is 383 g/mol. The summed E-state index contributed by atoms with van der Waals surface area (Å²) < 4.78 is 14.9. The van der Waals surface area contributed by atoms with Crippen molar-refractivity contribution in [2.45, 2.75) is 38.8 Å². The number of rotatable bonds is 6. The molecule has 0 atom stereocenters. The fraction of sp³-hybridized carbons (Fsp3) is 0.348. The molecule has 1 saturated heterocycles. The molecule has 1 amide bonds. The van der Waals surface area contributed by atoms with E-state index in [0.717, 1.165) is 37.0 Å². The standard InChI is InChI=1S/C23H25FN4O2/c24-18-8-6-7-17(15-18)16-25-21(29)11-14-28-20-10-3-2-9-19(20)26-22(23(28)30)27-12-4-1-5-13-27/h2-3,6-10,15H,1,4-5,11-14,16H2,(H,25,29). The first kappa shape index (κ1) is 20.1. The average Bonchev–Trinajstić information content (AvgIpc) is 2.77. The van der Waals surface area contributed by atoms with Crippen molar-refractivity contribution in [1.82, 2.24) is 14.9 Å². The highest BCUT2D eigenvalue weighted by atomic mass is 19.1. The van der Waals surface area contributed by atoms with Gasteiger partial charge in [0.15, 0.2) is 5.82 Å². The van der Waals surface area contributed by atoms with Crippen molar-refractivity contribution in [1.29, 1.82) is 0 Å². The summed E-state index contributed by atoms with van der Waals surface area (Å²) >= 11 is 0. The normalized spacial score (nSPS) is 14.1. The Kier molecular flexibility index (Phi) is 6.07. The molecule has 0 bridgehead atoms. The van der Waals surface area contributed by atoms with Crippen LogP contribution in [0.1, 0.15) is 31.2 Å². The summed E-state index contributed by atoms with van der Waals surface area (Å²) in [6.07, 6.45) is 3.43. The van der Waals surface area contributed by atoms with Gasteiger partial charge >= 0.3 is 0 Å². The smallest absolute Gasteiger partial charge is 0.294 e. The highest BCUT2D eigenvalue weighted by Gasteiger charge is 2.19. The van der Waals surface area contributed by atoms with Gasteiger partial charge < -0.3 is 14.8 Å². The molecule has 1 aliphatic heterocycles. The van der Waals surface area contributed by atoms with E-state index in [4.69, 9.17) is 0 Å². The van der Waals surface area contributed by atoms with Crippen LogP contribution in [0.3, 0.4) is 0 Å². The third-order valence-electron chi connectivity index (χ3n) is 5.43. The maximum atomic E-state index is 13.3. The number of aryl methyl sites for hydroxylation is 1. The monoisotopic (exact) mass is 408 g/mol. The molecule has 1 aromatic heterocycles. The highest BCUT2D eigenvalue weighted by molar-refractivity contribution is 5.78. The summed E-state index contributed by atoms with van der Waals surface area (Å²) in [7, 11) is 0. The molecule has 30 heavy (non-hydrogen) atoms. The van der Waals surface area contributed by atoms with Gasteiger partial charge in [-0.15, -0.1) is 0 Å². The highest BCUT2D eigenvalue weighted by Crippen LogP contribution is 2.18. The van der Waals surface area contributed by atoms with Crippen LogP contribution < -0.4 is 15.8 Å². The van der Waals surface area contributed by atoms with Crippen LogP contribution in [0.5, 0.6) is 0 Å². The van der Waals surface area contributed by atoms with Crippen LogP contribution in [-0.4, -0.2) is 28.5 Å². The molecule has 2 heterocycles. The molecule has 3 aromatic rings. The topological polar surface area (TPSA) is 67.2 Å². The number of hydrogen-bond acceptors (Lipinski definition) is 4. The van der Waals surface area contributed by atoms with Crippen molar-refractivity contribution in [2.75, 3.05) is 18.0 Å². The van der Waals surface area contributed by atoms with Gasteiger partial charge in [-0.1, -0.05) is 24.3 Å². The maximum absolute atomic E-state index is 13.3. The van der Waals surface area contributed by atoms with E-state index in [0.29, 0.717) is 11.4 Å². The van der Waals surface area contributed by atoms with Gasteiger partial charge in [-0.05, 0) is 49.1 Å². The van der Waals surface area contributed by atoms with E-state index in [1.54, 1.807) is 16.7 Å². The minimum Gasteiger partial charge on any atom is -0.352 e. The van der Waals surface area contributed by atoms with Gasteiger partial charge in [0.05, 0.1) is 11.0 Å². The number of piperidine rings is 1. The summed E-state index contributed by atoms with van der Waals surface area (Å²) in [5.41, 5.74) is 2.01. The van der Waals surface area contributed by atoms with Gasteiger partial charge in [0, 0.05) is 32.6 Å². The Labute approximate surface area is 174 Å². The zero-order valence-electron chi connectivity index (χ0n) is 16.8. The fourth-order valence-electron chi connectivity index (χ4n) is 3.86. The number of benzene rings is 2. The lowest BCUT2D eigenvalue weighted by Gasteiger charge is -2.27. The van der Waals surface area contributed by atoms with Crippen LogP contribution in [0, 0.1) is 5.82 Å². The van der Waals surface area contributed by atoms with Crippen LogP contribution in [-0.2, 0) is 17.9 Å². The number of halogens is 1. The predicted molar refractivity (Wildman–Crippen MR) is 115 cm³/mol. The van der Waals surface area contributed by atoms with E-state index in [9.17, 15) is 14.0 Å². The van der Waals surface area contributed by atoms with Crippen molar-refractivity contribution >= 4 is 22.8 Å². The summed E-state index contributed by atoms with van der Waals surface area (Å²) in [6, 6.07) is 13.6. The first-order valence-corrected chi connectivity index (χ1v) is 10.4. The van der Waals surface area contributed by atoms with Gasteiger partial charge in [0.2, 0.25) is 5.91 Å². The SMILES string of the molecule is O=C(CCn1c(=O)c(N2CCCCC2)nc2ccccc21)NCc1cccc(F)c1. The van der Waals surface area contributed by atoms with E-state index in [2.05, 4.69) is 15.2 Å². The van der Waals surface area contributed by atoms with E-state index < -0.39 is 0 Å². The molecule has 0 radical (unpaired) electrons. The third kappa shape index (κ3) is 4.50. The lowest BCUT2D eigenvalue weighted by molar-refractivity contribution is -0.121. The number of aromatic nitrogens is 2. The van der Waals surface area contributed by atoms with E-state index in [-0.39, 0.29) is 36.8 Å². The van der Waals surface area contributed by atoms with Gasteiger partial charge in [-0.2, -0.15) is 0 Å². The molecule has 0 unspecified atom stereocenters. The average molecular weight is 408 g/mol. The molecule has 4 rings (SSSR count). The van der Waals surface area contributed by atoms with Crippen molar-refractivity contribution in [3.05, 3.63) is 70.3 Å².